The molecule has 0 amide bonds. The molecule has 0 radical (unpaired) electrons. The van der Waals surface area contributed by atoms with E-state index in [-0.39, 0.29) is 0 Å². The van der Waals surface area contributed by atoms with E-state index >= 15 is 0 Å². The summed E-state index contributed by atoms with van der Waals surface area (Å²) in [4.78, 5) is 0. The van der Waals surface area contributed by atoms with Gasteiger partial charge in [-0.2, -0.15) is 0 Å². The highest BCUT2D eigenvalue weighted by Gasteiger charge is 2.04. The van der Waals surface area contributed by atoms with Crippen LogP contribution < -0.4 is 10.1 Å². The molecule has 2 heteroatoms. The molecule has 0 atom stereocenters. The van der Waals surface area contributed by atoms with Crippen LogP contribution in [0.25, 0.3) is 0 Å². The van der Waals surface area contributed by atoms with Gasteiger partial charge in [0.15, 0.2) is 0 Å². The molecule has 15 heavy (non-hydrogen) atoms. The largest absolute Gasteiger partial charge is 0.494 e. The molecule has 1 N–H and O–H groups in total. The zero-order valence-electron chi connectivity index (χ0n) is 10.2. The number of benzene rings is 1. The highest BCUT2D eigenvalue weighted by atomic mass is 16.5. The van der Waals surface area contributed by atoms with Crippen LogP contribution in [-0.4, -0.2) is 13.2 Å². The fourth-order valence-corrected chi connectivity index (χ4v) is 1.68. The molecule has 0 spiro atoms. The summed E-state index contributed by atoms with van der Waals surface area (Å²) in [6.07, 6.45) is 1.05. The van der Waals surface area contributed by atoms with E-state index in [4.69, 9.17) is 4.74 Å². The Morgan fingerprint density at radius 1 is 1.13 bits per heavy atom. The standard InChI is InChI=1S/C13H21NO/c1-5-7-15-12-8-10(3)13(14-6-2)11(4)9-12/h8-9,14H,5-7H2,1-4H3. The van der Waals surface area contributed by atoms with Crippen LogP contribution in [0.1, 0.15) is 31.4 Å². The first kappa shape index (κ1) is 11.9. The van der Waals surface area contributed by atoms with E-state index in [9.17, 15) is 0 Å². The number of ether oxygens (including phenoxy) is 1. The number of hydrogen-bond acceptors (Lipinski definition) is 2. The number of anilines is 1. The summed E-state index contributed by atoms with van der Waals surface area (Å²) < 4.78 is 5.62. The van der Waals surface area contributed by atoms with E-state index in [2.05, 4.69) is 45.1 Å². The summed E-state index contributed by atoms with van der Waals surface area (Å²) in [5, 5.41) is 3.37. The molecule has 1 aromatic rings. The van der Waals surface area contributed by atoms with Crippen molar-refractivity contribution < 1.29 is 4.74 Å². The first-order valence-electron chi connectivity index (χ1n) is 5.67. The zero-order valence-corrected chi connectivity index (χ0v) is 10.2. The Morgan fingerprint density at radius 2 is 1.73 bits per heavy atom. The summed E-state index contributed by atoms with van der Waals surface area (Å²) in [6, 6.07) is 4.20. The summed E-state index contributed by atoms with van der Waals surface area (Å²) >= 11 is 0. The molecule has 1 aromatic carbocycles. The van der Waals surface area contributed by atoms with Crippen LogP contribution in [0.15, 0.2) is 12.1 Å². The molecule has 84 valence electrons. The van der Waals surface area contributed by atoms with Crippen molar-refractivity contribution in [3.05, 3.63) is 23.3 Å². The summed E-state index contributed by atoms with van der Waals surface area (Å²) in [7, 11) is 0. The molecule has 0 aliphatic carbocycles. The van der Waals surface area contributed by atoms with Crippen molar-refractivity contribution >= 4 is 5.69 Å². The predicted molar refractivity (Wildman–Crippen MR) is 65.9 cm³/mol. The van der Waals surface area contributed by atoms with Crippen LogP contribution in [0.4, 0.5) is 5.69 Å². The normalized spacial score (nSPS) is 10.1. The van der Waals surface area contributed by atoms with E-state index in [1.54, 1.807) is 0 Å². The Morgan fingerprint density at radius 3 is 2.20 bits per heavy atom. The van der Waals surface area contributed by atoms with Crippen molar-refractivity contribution in [1.82, 2.24) is 0 Å². The molecule has 0 aromatic heterocycles. The third-order valence-corrected chi connectivity index (χ3v) is 2.33. The second kappa shape index (κ2) is 5.64. The van der Waals surface area contributed by atoms with E-state index < -0.39 is 0 Å². The quantitative estimate of drug-likeness (QED) is 0.797. The predicted octanol–water partition coefficient (Wildman–Crippen LogP) is 3.52. The fourth-order valence-electron chi connectivity index (χ4n) is 1.68. The van der Waals surface area contributed by atoms with Gasteiger partial charge in [0, 0.05) is 12.2 Å². The second-order valence-electron chi connectivity index (χ2n) is 3.81. The van der Waals surface area contributed by atoms with Gasteiger partial charge in [-0.3, -0.25) is 0 Å². The van der Waals surface area contributed by atoms with Gasteiger partial charge >= 0.3 is 0 Å². The molecule has 0 aliphatic heterocycles. The van der Waals surface area contributed by atoms with Crippen LogP contribution in [0.5, 0.6) is 5.75 Å². The first-order valence-corrected chi connectivity index (χ1v) is 5.67. The third-order valence-electron chi connectivity index (χ3n) is 2.33. The minimum atomic E-state index is 0.791. The van der Waals surface area contributed by atoms with Gasteiger partial charge in [-0.25, -0.2) is 0 Å². The Balaban J connectivity index is 2.87. The van der Waals surface area contributed by atoms with Gasteiger partial charge in [-0.15, -0.1) is 0 Å². The number of hydrogen-bond donors (Lipinski definition) is 1. The van der Waals surface area contributed by atoms with Gasteiger partial charge in [0.25, 0.3) is 0 Å². The molecule has 0 saturated heterocycles. The summed E-state index contributed by atoms with van der Waals surface area (Å²) in [6.45, 7) is 10.2. The van der Waals surface area contributed by atoms with Gasteiger partial charge in [-0.1, -0.05) is 6.92 Å². The van der Waals surface area contributed by atoms with Gasteiger partial charge in [0.1, 0.15) is 5.75 Å². The van der Waals surface area contributed by atoms with Crippen LogP contribution in [0.2, 0.25) is 0 Å². The Bertz CT molecular complexity index is 297. The summed E-state index contributed by atoms with van der Waals surface area (Å²) in [5.74, 6) is 0.980. The maximum absolute atomic E-state index is 5.62. The van der Waals surface area contributed by atoms with Crippen LogP contribution in [0, 0.1) is 13.8 Å². The smallest absolute Gasteiger partial charge is 0.119 e. The average molecular weight is 207 g/mol. The Kier molecular flexibility index (Phi) is 4.47. The van der Waals surface area contributed by atoms with Gasteiger partial charge in [-0.05, 0) is 50.5 Å². The minimum absolute atomic E-state index is 0.791. The molecule has 0 saturated carbocycles. The van der Waals surface area contributed by atoms with Crippen LogP contribution >= 0.6 is 0 Å². The van der Waals surface area contributed by atoms with Crippen LogP contribution in [0.3, 0.4) is 0 Å². The number of aryl methyl sites for hydroxylation is 2. The van der Waals surface area contributed by atoms with Crippen molar-refractivity contribution in [2.45, 2.75) is 34.1 Å². The van der Waals surface area contributed by atoms with Crippen molar-refractivity contribution in [1.29, 1.82) is 0 Å². The molecular weight excluding hydrogens is 186 g/mol. The van der Waals surface area contributed by atoms with Crippen molar-refractivity contribution in [3.8, 4) is 5.75 Å². The van der Waals surface area contributed by atoms with E-state index in [1.165, 1.54) is 16.8 Å². The third kappa shape index (κ3) is 3.15. The highest BCUT2D eigenvalue weighted by Crippen LogP contribution is 2.26. The lowest BCUT2D eigenvalue weighted by Gasteiger charge is -2.14. The van der Waals surface area contributed by atoms with Crippen molar-refractivity contribution in [2.75, 3.05) is 18.5 Å². The lowest BCUT2D eigenvalue weighted by Crippen LogP contribution is -2.02. The Hall–Kier alpha value is -1.18. The first-order chi connectivity index (χ1) is 7.19. The molecule has 1 rings (SSSR count). The Labute approximate surface area is 92.6 Å². The fraction of sp³-hybridized carbons (Fsp3) is 0.538. The van der Waals surface area contributed by atoms with Crippen LogP contribution in [-0.2, 0) is 0 Å². The van der Waals surface area contributed by atoms with Crippen molar-refractivity contribution in [3.63, 3.8) is 0 Å². The van der Waals surface area contributed by atoms with E-state index in [1.807, 2.05) is 0 Å². The second-order valence-corrected chi connectivity index (χ2v) is 3.81. The molecular formula is C13H21NO. The molecule has 0 heterocycles. The summed E-state index contributed by atoms with van der Waals surface area (Å²) in [5.41, 5.74) is 3.74. The molecule has 0 unspecified atom stereocenters. The molecule has 0 fully saturated rings. The zero-order chi connectivity index (χ0) is 11.3. The number of rotatable bonds is 5. The van der Waals surface area contributed by atoms with Gasteiger partial charge in [0.05, 0.1) is 6.61 Å². The van der Waals surface area contributed by atoms with Crippen molar-refractivity contribution in [2.24, 2.45) is 0 Å². The molecule has 0 aliphatic rings. The SMILES string of the molecule is CCCOc1cc(C)c(NCC)c(C)c1. The topological polar surface area (TPSA) is 21.3 Å². The monoisotopic (exact) mass is 207 g/mol. The molecule has 2 nitrogen and oxygen atoms in total. The van der Waals surface area contributed by atoms with Gasteiger partial charge in [0.2, 0.25) is 0 Å². The lowest BCUT2D eigenvalue weighted by atomic mass is 10.1. The van der Waals surface area contributed by atoms with E-state index in [0.29, 0.717) is 0 Å². The maximum Gasteiger partial charge on any atom is 0.119 e. The lowest BCUT2D eigenvalue weighted by molar-refractivity contribution is 0.317. The van der Waals surface area contributed by atoms with Gasteiger partial charge < -0.3 is 10.1 Å². The highest BCUT2D eigenvalue weighted by molar-refractivity contribution is 5.59. The minimum Gasteiger partial charge on any atom is -0.494 e. The maximum atomic E-state index is 5.62. The van der Waals surface area contributed by atoms with E-state index in [0.717, 1.165) is 25.3 Å². The number of nitrogens with one attached hydrogen (secondary N) is 1. The molecule has 0 bridgehead atoms. The average Bonchev–Trinajstić information content (AvgIpc) is 2.20.